The molecule has 7 nitrogen and oxygen atoms in total. The van der Waals surface area contributed by atoms with Crippen LogP contribution >= 0.6 is 0 Å². The fourth-order valence-electron chi connectivity index (χ4n) is 3.18. The van der Waals surface area contributed by atoms with E-state index in [0.717, 1.165) is 11.3 Å². The fourth-order valence-corrected chi connectivity index (χ4v) is 3.18. The Bertz CT molecular complexity index is 1130. The first-order valence-electron chi connectivity index (χ1n) is 9.53. The van der Waals surface area contributed by atoms with Crippen LogP contribution in [0, 0.1) is 0 Å². The Hall–Kier alpha value is -3.23. The van der Waals surface area contributed by atoms with Gasteiger partial charge in [-0.05, 0) is 23.0 Å². The Balaban J connectivity index is 1.74. The zero-order chi connectivity index (χ0) is 20.4. The van der Waals surface area contributed by atoms with Gasteiger partial charge in [-0.2, -0.15) is 14.8 Å². The lowest BCUT2D eigenvalue weighted by atomic mass is 9.78. The average molecular weight is 387 g/mol. The van der Waals surface area contributed by atoms with E-state index in [2.05, 4.69) is 46.4 Å². The predicted octanol–water partition coefficient (Wildman–Crippen LogP) is 2.23. The molecule has 29 heavy (non-hydrogen) atoms. The maximum Gasteiger partial charge on any atom is 0.489 e. The minimum Gasteiger partial charge on any atom is -0.423 e. The number of nitrogens with one attached hydrogen (secondary N) is 1. The Morgan fingerprint density at radius 3 is 2.55 bits per heavy atom. The molecule has 4 rings (SSSR count). The molecule has 3 N–H and O–H groups in total. The second-order valence-electron chi connectivity index (χ2n) is 7.18. The summed E-state index contributed by atoms with van der Waals surface area (Å²) in [6, 6.07) is 17.3. The van der Waals surface area contributed by atoms with Crippen molar-refractivity contribution in [3.8, 4) is 5.95 Å². The zero-order valence-corrected chi connectivity index (χ0v) is 16.3. The summed E-state index contributed by atoms with van der Waals surface area (Å²) >= 11 is 0. The standard InChI is InChI=1S/C21H22BN5O2/c1-14(2)18-11-20(23-12-15-7-4-3-5-8-15)26-21(25-18)27-19-10-6-9-17(22(28)29)16(19)13-24-27/h3-11,13-14,28-29H,12H2,1-2H3,(H,23,25,26). The molecule has 0 aliphatic heterocycles. The van der Waals surface area contributed by atoms with Crippen molar-refractivity contribution in [1.82, 2.24) is 19.7 Å². The maximum atomic E-state index is 9.62. The normalized spacial score (nSPS) is 11.2. The van der Waals surface area contributed by atoms with Gasteiger partial charge in [0.15, 0.2) is 0 Å². The third-order valence-electron chi connectivity index (χ3n) is 4.76. The van der Waals surface area contributed by atoms with Gasteiger partial charge in [-0.25, -0.2) is 4.98 Å². The van der Waals surface area contributed by atoms with Crippen LogP contribution in [0.2, 0.25) is 0 Å². The molecule has 0 saturated heterocycles. The summed E-state index contributed by atoms with van der Waals surface area (Å²) < 4.78 is 1.63. The lowest BCUT2D eigenvalue weighted by Crippen LogP contribution is -2.30. The molecule has 0 spiro atoms. The number of hydrogen-bond donors (Lipinski definition) is 3. The van der Waals surface area contributed by atoms with Crippen molar-refractivity contribution in [2.75, 3.05) is 5.32 Å². The largest absolute Gasteiger partial charge is 0.489 e. The molecular weight excluding hydrogens is 365 g/mol. The van der Waals surface area contributed by atoms with Gasteiger partial charge in [0.2, 0.25) is 0 Å². The highest BCUT2D eigenvalue weighted by Gasteiger charge is 2.19. The quantitative estimate of drug-likeness (QED) is 0.439. The van der Waals surface area contributed by atoms with E-state index in [1.165, 1.54) is 0 Å². The van der Waals surface area contributed by atoms with Crippen LogP contribution < -0.4 is 10.8 Å². The Morgan fingerprint density at radius 2 is 1.83 bits per heavy atom. The third-order valence-corrected chi connectivity index (χ3v) is 4.76. The molecule has 4 aromatic rings. The van der Waals surface area contributed by atoms with E-state index < -0.39 is 7.12 Å². The van der Waals surface area contributed by atoms with Crippen LogP contribution in [0.15, 0.2) is 60.8 Å². The molecular formula is C21H22BN5O2. The van der Waals surface area contributed by atoms with Gasteiger partial charge in [-0.3, -0.25) is 0 Å². The Labute approximate surface area is 169 Å². The summed E-state index contributed by atoms with van der Waals surface area (Å²) in [5.74, 6) is 1.36. The van der Waals surface area contributed by atoms with E-state index in [9.17, 15) is 10.0 Å². The molecule has 0 amide bonds. The second-order valence-corrected chi connectivity index (χ2v) is 7.18. The third kappa shape index (κ3) is 3.99. The second kappa shape index (κ2) is 8.02. The number of anilines is 1. The first-order valence-corrected chi connectivity index (χ1v) is 9.53. The van der Waals surface area contributed by atoms with Crippen molar-refractivity contribution < 1.29 is 10.0 Å². The highest BCUT2D eigenvalue weighted by molar-refractivity contribution is 6.61. The van der Waals surface area contributed by atoms with Gasteiger partial charge in [-0.15, -0.1) is 0 Å². The van der Waals surface area contributed by atoms with Gasteiger partial charge in [0.05, 0.1) is 17.4 Å². The summed E-state index contributed by atoms with van der Waals surface area (Å²) in [4.78, 5) is 9.33. The van der Waals surface area contributed by atoms with Crippen LogP contribution in [0.5, 0.6) is 0 Å². The van der Waals surface area contributed by atoms with E-state index in [4.69, 9.17) is 0 Å². The molecule has 2 aromatic carbocycles. The summed E-state index contributed by atoms with van der Waals surface area (Å²) in [5, 5.41) is 27.7. The van der Waals surface area contributed by atoms with Crippen molar-refractivity contribution in [1.29, 1.82) is 0 Å². The molecule has 0 saturated carbocycles. The molecule has 0 atom stereocenters. The summed E-state index contributed by atoms with van der Waals surface area (Å²) in [6.45, 7) is 4.80. The molecule has 0 unspecified atom stereocenters. The van der Waals surface area contributed by atoms with E-state index in [1.807, 2.05) is 30.3 Å². The van der Waals surface area contributed by atoms with Crippen molar-refractivity contribution in [2.45, 2.75) is 26.3 Å². The monoisotopic (exact) mass is 387 g/mol. The number of benzene rings is 2. The molecule has 0 bridgehead atoms. The van der Waals surface area contributed by atoms with E-state index in [1.54, 1.807) is 23.0 Å². The van der Waals surface area contributed by atoms with Crippen LogP contribution in [0.4, 0.5) is 5.82 Å². The van der Waals surface area contributed by atoms with Crippen molar-refractivity contribution in [3.63, 3.8) is 0 Å². The molecule has 0 fully saturated rings. The van der Waals surface area contributed by atoms with Gasteiger partial charge in [-0.1, -0.05) is 56.3 Å². The van der Waals surface area contributed by atoms with Crippen molar-refractivity contribution in [2.24, 2.45) is 0 Å². The summed E-state index contributed by atoms with van der Waals surface area (Å²) in [5.41, 5.74) is 3.17. The van der Waals surface area contributed by atoms with E-state index in [-0.39, 0.29) is 5.92 Å². The van der Waals surface area contributed by atoms with Gasteiger partial charge >= 0.3 is 7.12 Å². The Morgan fingerprint density at radius 1 is 1.03 bits per heavy atom. The lowest BCUT2D eigenvalue weighted by molar-refractivity contribution is 0.426. The molecule has 0 aliphatic rings. The smallest absolute Gasteiger partial charge is 0.423 e. The van der Waals surface area contributed by atoms with E-state index in [0.29, 0.717) is 34.7 Å². The fraction of sp³-hybridized carbons (Fsp3) is 0.190. The zero-order valence-electron chi connectivity index (χ0n) is 16.3. The summed E-state index contributed by atoms with van der Waals surface area (Å²) in [7, 11) is -1.57. The van der Waals surface area contributed by atoms with Crippen molar-refractivity contribution in [3.05, 3.63) is 72.1 Å². The molecule has 0 aliphatic carbocycles. The van der Waals surface area contributed by atoms with E-state index >= 15 is 0 Å². The first-order chi connectivity index (χ1) is 14.0. The SMILES string of the molecule is CC(C)c1cc(NCc2ccccc2)nc(-n2ncc3c(B(O)O)cccc32)n1. The lowest BCUT2D eigenvalue weighted by Gasteiger charge is -2.12. The van der Waals surface area contributed by atoms with Crippen molar-refractivity contribution >= 4 is 29.3 Å². The number of rotatable bonds is 6. The highest BCUT2D eigenvalue weighted by Crippen LogP contribution is 2.20. The number of hydrogen-bond acceptors (Lipinski definition) is 6. The van der Waals surface area contributed by atoms with Crippen LogP contribution in [0.1, 0.15) is 31.0 Å². The molecule has 2 heterocycles. The van der Waals surface area contributed by atoms with Gasteiger partial charge < -0.3 is 15.4 Å². The Kier molecular flexibility index (Phi) is 5.29. The maximum absolute atomic E-state index is 9.62. The van der Waals surface area contributed by atoms with Crippen LogP contribution in [0.25, 0.3) is 16.9 Å². The minimum atomic E-state index is -1.57. The number of nitrogens with zero attached hydrogens (tertiary/aromatic N) is 4. The molecule has 0 radical (unpaired) electrons. The topological polar surface area (TPSA) is 96.1 Å². The molecule has 8 heteroatoms. The number of aromatic nitrogens is 4. The summed E-state index contributed by atoms with van der Waals surface area (Å²) in [6.07, 6.45) is 1.60. The number of fused-ring (bicyclic) bond motifs is 1. The minimum absolute atomic E-state index is 0.214. The van der Waals surface area contributed by atoms with Crippen LogP contribution in [0.3, 0.4) is 0 Å². The average Bonchev–Trinajstić information content (AvgIpc) is 3.17. The molecule has 146 valence electrons. The first kappa shape index (κ1) is 19.1. The van der Waals surface area contributed by atoms with Crippen LogP contribution in [-0.2, 0) is 6.54 Å². The highest BCUT2D eigenvalue weighted by atomic mass is 16.4. The predicted molar refractivity (Wildman–Crippen MR) is 114 cm³/mol. The van der Waals surface area contributed by atoms with Gasteiger partial charge in [0.1, 0.15) is 5.82 Å². The molecule has 2 aromatic heterocycles. The van der Waals surface area contributed by atoms with Crippen LogP contribution in [-0.4, -0.2) is 36.9 Å². The van der Waals surface area contributed by atoms with Gasteiger partial charge in [0, 0.05) is 18.0 Å². The van der Waals surface area contributed by atoms with Gasteiger partial charge in [0.25, 0.3) is 5.95 Å².